The number of rotatable bonds is 4. The Balaban J connectivity index is 1.80. The lowest BCUT2D eigenvalue weighted by Gasteiger charge is -2.04. The number of benzene rings is 2. The van der Waals surface area contributed by atoms with Crippen molar-refractivity contribution in [1.82, 2.24) is 4.98 Å². The maximum Gasteiger partial charge on any atom is 0.346 e. The van der Waals surface area contributed by atoms with E-state index >= 15 is 0 Å². The van der Waals surface area contributed by atoms with Gasteiger partial charge in [0.1, 0.15) is 10.8 Å². The van der Waals surface area contributed by atoms with Gasteiger partial charge in [0.2, 0.25) is 0 Å². The third kappa shape index (κ3) is 2.84. The normalized spacial score (nSPS) is 10.8. The van der Waals surface area contributed by atoms with Gasteiger partial charge in [-0.3, -0.25) is 0 Å². The number of hydrogen-bond acceptors (Lipinski definition) is 6. The van der Waals surface area contributed by atoms with Crippen LogP contribution in [0.4, 0.5) is 0 Å². The summed E-state index contributed by atoms with van der Waals surface area (Å²) in [6, 6.07) is 14.9. The van der Waals surface area contributed by atoms with Gasteiger partial charge in [0, 0.05) is 16.3 Å². The summed E-state index contributed by atoms with van der Waals surface area (Å²) in [7, 11) is 3.17. The SMILES string of the molecule is COc1cccc(-c2csc(-c3cc4cccc(OC)c4oc3=O)n2)c1. The smallest absolute Gasteiger partial charge is 0.346 e. The van der Waals surface area contributed by atoms with Gasteiger partial charge in [-0.2, -0.15) is 0 Å². The van der Waals surface area contributed by atoms with Crippen molar-refractivity contribution in [2.45, 2.75) is 0 Å². The van der Waals surface area contributed by atoms with Crippen LogP contribution in [0.15, 0.2) is 63.1 Å². The Hall–Kier alpha value is -3.12. The van der Waals surface area contributed by atoms with Crippen LogP contribution in [0.1, 0.15) is 0 Å². The summed E-state index contributed by atoms with van der Waals surface area (Å²) in [6.45, 7) is 0. The Labute approximate surface area is 153 Å². The molecule has 0 saturated carbocycles. The number of hydrogen-bond donors (Lipinski definition) is 0. The molecule has 0 fully saturated rings. The number of ether oxygens (including phenoxy) is 2. The second-order valence-corrected chi connectivity index (χ2v) is 6.45. The fourth-order valence-corrected chi connectivity index (χ4v) is 3.57. The first-order chi connectivity index (χ1) is 12.7. The summed E-state index contributed by atoms with van der Waals surface area (Å²) in [6.07, 6.45) is 0. The van der Waals surface area contributed by atoms with Gasteiger partial charge in [-0.25, -0.2) is 9.78 Å². The minimum Gasteiger partial charge on any atom is -0.497 e. The lowest BCUT2D eigenvalue weighted by atomic mass is 10.1. The van der Waals surface area contributed by atoms with Crippen molar-refractivity contribution in [2.24, 2.45) is 0 Å². The lowest BCUT2D eigenvalue weighted by molar-refractivity contribution is 0.407. The molecule has 0 aliphatic carbocycles. The van der Waals surface area contributed by atoms with E-state index in [4.69, 9.17) is 13.9 Å². The number of nitrogens with zero attached hydrogens (tertiary/aromatic N) is 1. The molecular weight excluding hydrogens is 350 g/mol. The Morgan fingerprint density at radius 2 is 1.88 bits per heavy atom. The summed E-state index contributed by atoms with van der Waals surface area (Å²) in [5.41, 5.74) is 2.15. The highest BCUT2D eigenvalue weighted by atomic mass is 32.1. The van der Waals surface area contributed by atoms with Crippen molar-refractivity contribution >= 4 is 22.3 Å². The largest absolute Gasteiger partial charge is 0.497 e. The topological polar surface area (TPSA) is 61.6 Å². The first-order valence-electron chi connectivity index (χ1n) is 7.91. The molecule has 2 heterocycles. The molecule has 0 N–H and O–H groups in total. The van der Waals surface area contributed by atoms with E-state index in [-0.39, 0.29) is 0 Å². The van der Waals surface area contributed by atoms with Gasteiger partial charge >= 0.3 is 5.63 Å². The van der Waals surface area contributed by atoms with E-state index in [9.17, 15) is 4.79 Å². The molecule has 0 radical (unpaired) electrons. The number of thiazole rings is 1. The molecule has 4 aromatic rings. The second-order valence-electron chi connectivity index (χ2n) is 5.60. The van der Waals surface area contributed by atoms with Crippen LogP contribution in [0.25, 0.3) is 32.8 Å². The Bertz CT molecular complexity index is 1150. The van der Waals surface area contributed by atoms with Gasteiger partial charge < -0.3 is 13.9 Å². The van der Waals surface area contributed by atoms with E-state index < -0.39 is 5.63 Å². The molecule has 2 aromatic heterocycles. The standard InChI is InChI=1S/C20H15NO4S/c1-23-14-7-3-5-12(9-14)16-11-26-19(21-16)15-10-13-6-4-8-17(24-2)18(13)25-20(15)22/h3-11H,1-2H3. The predicted molar refractivity (Wildman–Crippen MR) is 102 cm³/mol. The molecule has 0 aliphatic heterocycles. The van der Waals surface area contributed by atoms with E-state index in [0.717, 1.165) is 22.4 Å². The van der Waals surface area contributed by atoms with Crippen LogP contribution in [-0.2, 0) is 0 Å². The predicted octanol–water partition coefficient (Wildman–Crippen LogP) is 4.60. The molecule has 4 rings (SSSR count). The van der Waals surface area contributed by atoms with E-state index in [0.29, 0.717) is 21.9 Å². The molecule has 26 heavy (non-hydrogen) atoms. The first-order valence-corrected chi connectivity index (χ1v) is 8.79. The summed E-state index contributed by atoms with van der Waals surface area (Å²) in [5.74, 6) is 1.29. The summed E-state index contributed by atoms with van der Waals surface area (Å²) in [4.78, 5) is 17.1. The molecule has 0 atom stereocenters. The monoisotopic (exact) mass is 365 g/mol. The van der Waals surface area contributed by atoms with Gasteiger partial charge in [-0.15, -0.1) is 11.3 Å². The molecule has 5 nitrogen and oxygen atoms in total. The maximum atomic E-state index is 12.5. The number of aromatic nitrogens is 1. The Kier molecular flexibility index (Phi) is 4.18. The lowest BCUT2D eigenvalue weighted by Crippen LogP contribution is -2.03. The minimum absolute atomic E-state index is 0.435. The van der Waals surface area contributed by atoms with Crippen molar-refractivity contribution in [3.05, 3.63) is 64.3 Å². The fraction of sp³-hybridized carbons (Fsp3) is 0.100. The van der Waals surface area contributed by atoms with E-state index in [1.165, 1.54) is 11.3 Å². The molecule has 0 amide bonds. The van der Waals surface area contributed by atoms with Crippen molar-refractivity contribution in [3.8, 4) is 33.3 Å². The molecule has 0 saturated heterocycles. The van der Waals surface area contributed by atoms with Crippen molar-refractivity contribution in [1.29, 1.82) is 0 Å². The second kappa shape index (κ2) is 6.65. The highest BCUT2D eigenvalue weighted by molar-refractivity contribution is 7.13. The fourth-order valence-electron chi connectivity index (χ4n) is 2.74. The van der Waals surface area contributed by atoms with Crippen LogP contribution in [0.5, 0.6) is 11.5 Å². The first kappa shape index (κ1) is 16.4. The zero-order valence-corrected chi connectivity index (χ0v) is 15.0. The van der Waals surface area contributed by atoms with Gasteiger partial charge in [0.05, 0.1) is 25.5 Å². The third-order valence-electron chi connectivity index (χ3n) is 4.04. The highest BCUT2D eigenvalue weighted by Crippen LogP contribution is 2.31. The summed E-state index contributed by atoms with van der Waals surface area (Å²) in [5, 5.41) is 3.32. The van der Waals surface area contributed by atoms with Crippen LogP contribution >= 0.6 is 11.3 Å². The molecule has 6 heteroatoms. The van der Waals surface area contributed by atoms with E-state index in [2.05, 4.69) is 4.98 Å². The van der Waals surface area contributed by atoms with Crippen LogP contribution in [0.2, 0.25) is 0 Å². The zero-order valence-electron chi connectivity index (χ0n) is 14.2. The molecule has 130 valence electrons. The van der Waals surface area contributed by atoms with Crippen molar-refractivity contribution < 1.29 is 13.9 Å². The highest BCUT2D eigenvalue weighted by Gasteiger charge is 2.14. The average molecular weight is 365 g/mol. The number of para-hydroxylation sites is 1. The molecule has 2 aromatic carbocycles. The zero-order chi connectivity index (χ0) is 18.1. The Morgan fingerprint density at radius 1 is 1.04 bits per heavy atom. The number of fused-ring (bicyclic) bond motifs is 1. The summed E-state index contributed by atoms with van der Waals surface area (Å²) >= 11 is 1.40. The van der Waals surface area contributed by atoms with Crippen LogP contribution in [0.3, 0.4) is 0 Å². The van der Waals surface area contributed by atoms with Gasteiger partial charge in [-0.1, -0.05) is 24.3 Å². The van der Waals surface area contributed by atoms with Crippen LogP contribution in [-0.4, -0.2) is 19.2 Å². The van der Waals surface area contributed by atoms with Crippen molar-refractivity contribution in [2.75, 3.05) is 14.2 Å². The third-order valence-corrected chi connectivity index (χ3v) is 4.92. The molecular formula is C20H15NO4S. The maximum absolute atomic E-state index is 12.5. The van der Waals surface area contributed by atoms with Gasteiger partial charge in [0.15, 0.2) is 11.3 Å². The van der Waals surface area contributed by atoms with Crippen LogP contribution < -0.4 is 15.1 Å². The van der Waals surface area contributed by atoms with E-state index in [1.54, 1.807) is 26.4 Å². The summed E-state index contributed by atoms with van der Waals surface area (Å²) < 4.78 is 16.0. The molecule has 0 bridgehead atoms. The van der Waals surface area contributed by atoms with Gasteiger partial charge in [-0.05, 0) is 24.3 Å². The number of methoxy groups -OCH3 is 2. The van der Waals surface area contributed by atoms with E-state index in [1.807, 2.05) is 41.8 Å². The Morgan fingerprint density at radius 3 is 2.69 bits per heavy atom. The molecule has 0 aliphatic rings. The molecule has 0 unspecified atom stereocenters. The van der Waals surface area contributed by atoms with Crippen LogP contribution in [0, 0.1) is 0 Å². The minimum atomic E-state index is -0.437. The van der Waals surface area contributed by atoms with Crippen molar-refractivity contribution in [3.63, 3.8) is 0 Å². The average Bonchev–Trinajstić information content (AvgIpc) is 3.17. The molecule has 0 spiro atoms. The quantitative estimate of drug-likeness (QED) is 0.495. The van der Waals surface area contributed by atoms with Gasteiger partial charge in [0.25, 0.3) is 0 Å².